The monoisotopic (exact) mass is 250 g/mol. The van der Waals surface area contributed by atoms with Crippen molar-refractivity contribution in [2.75, 3.05) is 6.79 Å². The molecule has 0 aliphatic carbocycles. The highest BCUT2D eigenvalue weighted by Crippen LogP contribution is 2.01. The van der Waals surface area contributed by atoms with Crippen molar-refractivity contribution in [1.29, 1.82) is 0 Å². The summed E-state index contributed by atoms with van der Waals surface area (Å²) in [4.78, 5) is 32.3. The summed E-state index contributed by atoms with van der Waals surface area (Å²) in [7, 11) is 0. The number of hydrogen-bond acceptors (Lipinski definition) is 5. The second-order valence-electron chi connectivity index (χ2n) is 3.52. The first-order valence-corrected chi connectivity index (χ1v) is 5.51. The zero-order valence-electron chi connectivity index (χ0n) is 9.83. The fourth-order valence-corrected chi connectivity index (χ4v) is 1.22. The minimum absolute atomic E-state index is 0.000262. The van der Waals surface area contributed by atoms with Crippen LogP contribution >= 0.6 is 0 Å². The molecule has 1 aromatic rings. The van der Waals surface area contributed by atoms with Gasteiger partial charge in [0.15, 0.2) is 0 Å². The lowest BCUT2D eigenvalue weighted by atomic mass is 10.2. The van der Waals surface area contributed by atoms with E-state index in [1.165, 1.54) is 0 Å². The molecular formula is C13H14O5. The summed E-state index contributed by atoms with van der Waals surface area (Å²) in [6, 6.07) is 9.10. The molecule has 0 atom stereocenters. The van der Waals surface area contributed by atoms with Crippen molar-refractivity contribution >= 4 is 18.2 Å². The number of hydrogen-bond donors (Lipinski definition) is 0. The molecule has 5 heteroatoms. The lowest BCUT2D eigenvalue weighted by Crippen LogP contribution is -2.14. The predicted octanol–water partition coefficient (Wildman–Crippen LogP) is 1.25. The van der Waals surface area contributed by atoms with Gasteiger partial charge in [0, 0.05) is 6.42 Å². The van der Waals surface area contributed by atoms with Crippen molar-refractivity contribution in [3.63, 3.8) is 0 Å². The number of carbonyl (C=O) groups is 3. The van der Waals surface area contributed by atoms with Gasteiger partial charge in [-0.3, -0.25) is 9.59 Å². The number of aldehydes is 1. The Morgan fingerprint density at radius 3 is 2.39 bits per heavy atom. The average Bonchev–Trinajstić information content (AvgIpc) is 2.37. The van der Waals surface area contributed by atoms with E-state index in [2.05, 4.69) is 4.74 Å². The van der Waals surface area contributed by atoms with Crippen LogP contribution in [0.15, 0.2) is 30.3 Å². The Hall–Kier alpha value is -2.17. The van der Waals surface area contributed by atoms with Crippen molar-refractivity contribution in [1.82, 2.24) is 0 Å². The lowest BCUT2D eigenvalue weighted by molar-refractivity contribution is -0.166. The quantitative estimate of drug-likeness (QED) is 0.414. The van der Waals surface area contributed by atoms with Gasteiger partial charge in [-0.1, -0.05) is 30.3 Å². The maximum Gasteiger partial charge on any atom is 0.313 e. The summed E-state index contributed by atoms with van der Waals surface area (Å²) < 4.78 is 9.34. The topological polar surface area (TPSA) is 69.7 Å². The molecule has 0 N–H and O–H groups in total. The van der Waals surface area contributed by atoms with E-state index in [1.54, 1.807) is 12.1 Å². The minimum atomic E-state index is -0.561. The predicted molar refractivity (Wildman–Crippen MR) is 62.5 cm³/mol. The summed E-state index contributed by atoms with van der Waals surface area (Å²) >= 11 is 0. The van der Waals surface area contributed by atoms with Gasteiger partial charge in [0.25, 0.3) is 0 Å². The van der Waals surface area contributed by atoms with Gasteiger partial charge in [-0.05, 0) is 5.56 Å². The van der Waals surface area contributed by atoms with Gasteiger partial charge in [0.2, 0.25) is 6.79 Å². The second-order valence-corrected chi connectivity index (χ2v) is 3.52. The number of rotatable bonds is 7. The Kier molecular flexibility index (Phi) is 6.17. The van der Waals surface area contributed by atoms with Crippen LogP contribution in [-0.4, -0.2) is 25.0 Å². The van der Waals surface area contributed by atoms with Crippen molar-refractivity contribution in [3.05, 3.63) is 35.9 Å². The van der Waals surface area contributed by atoms with Gasteiger partial charge < -0.3 is 14.3 Å². The highest BCUT2D eigenvalue weighted by Gasteiger charge is 2.06. The van der Waals surface area contributed by atoms with E-state index in [0.29, 0.717) is 6.29 Å². The molecule has 0 unspecified atom stereocenters. The molecule has 0 spiro atoms. The van der Waals surface area contributed by atoms with Gasteiger partial charge >= 0.3 is 11.9 Å². The standard InChI is InChI=1S/C13H14O5/c14-8-4-7-12(15)17-10-18-13(16)9-11-5-2-1-3-6-11/h1-3,5-6,8H,4,7,9-10H2. The third-order valence-electron chi connectivity index (χ3n) is 2.10. The summed E-state index contributed by atoms with van der Waals surface area (Å²) in [5.74, 6) is -1.03. The van der Waals surface area contributed by atoms with Crippen LogP contribution in [0.2, 0.25) is 0 Å². The molecule has 0 amide bonds. The van der Waals surface area contributed by atoms with E-state index in [0.717, 1.165) is 5.56 Å². The molecular weight excluding hydrogens is 236 g/mol. The Labute approximate surface area is 105 Å². The lowest BCUT2D eigenvalue weighted by Gasteiger charge is -2.05. The largest absolute Gasteiger partial charge is 0.428 e. The van der Waals surface area contributed by atoms with Gasteiger partial charge in [-0.25, -0.2) is 0 Å². The smallest absolute Gasteiger partial charge is 0.313 e. The number of esters is 2. The minimum Gasteiger partial charge on any atom is -0.428 e. The molecule has 1 rings (SSSR count). The number of ether oxygens (including phenoxy) is 2. The van der Waals surface area contributed by atoms with E-state index in [1.807, 2.05) is 18.2 Å². The molecule has 0 aliphatic rings. The molecule has 18 heavy (non-hydrogen) atoms. The zero-order valence-corrected chi connectivity index (χ0v) is 9.83. The summed E-state index contributed by atoms with van der Waals surface area (Å²) in [5.41, 5.74) is 0.829. The Bertz CT molecular complexity index is 399. The first-order valence-electron chi connectivity index (χ1n) is 5.51. The van der Waals surface area contributed by atoms with Gasteiger partial charge in [0.05, 0.1) is 12.8 Å². The molecule has 0 saturated carbocycles. The molecule has 0 heterocycles. The molecule has 0 aromatic heterocycles. The van der Waals surface area contributed by atoms with Crippen molar-refractivity contribution in [3.8, 4) is 0 Å². The Morgan fingerprint density at radius 2 is 1.72 bits per heavy atom. The molecule has 0 aliphatic heterocycles. The highest BCUT2D eigenvalue weighted by atomic mass is 16.7. The molecule has 0 saturated heterocycles. The van der Waals surface area contributed by atoms with E-state index in [-0.39, 0.29) is 19.3 Å². The molecule has 0 radical (unpaired) electrons. The Balaban J connectivity index is 2.18. The normalized spacial score (nSPS) is 9.56. The van der Waals surface area contributed by atoms with Crippen LogP contribution in [0.1, 0.15) is 18.4 Å². The first-order chi connectivity index (χ1) is 8.72. The third-order valence-corrected chi connectivity index (χ3v) is 2.10. The van der Waals surface area contributed by atoms with Crippen molar-refractivity contribution in [2.24, 2.45) is 0 Å². The molecule has 0 bridgehead atoms. The van der Waals surface area contributed by atoms with E-state index < -0.39 is 18.7 Å². The maximum atomic E-state index is 11.3. The fraction of sp³-hybridized carbons (Fsp3) is 0.308. The van der Waals surface area contributed by atoms with Crippen LogP contribution in [-0.2, 0) is 30.3 Å². The molecule has 0 fully saturated rings. The molecule has 1 aromatic carbocycles. The van der Waals surface area contributed by atoms with E-state index in [4.69, 9.17) is 4.74 Å². The average molecular weight is 250 g/mol. The third kappa shape index (κ3) is 5.79. The van der Waals surface area contributed by atoms with Crippen LogP contribution in [0.25, 0.3) is 0 Å². The summed E-state index contributed by atoms with van der Waals surface area (Å²) in [5, 5.41) is 0. The number of benzene rings is 1. The SMILES string of the molecule is O=CCCC(=O)OCOC(=O)Cc1ccccc1. The molecule has 96 valence electrons. The van der Waals surface area contributed by atoms with Crippen molar-refractivity contribution in [2.45, 2.75) is 19.3 Å². The molecule has 5 nitrogen and oxygen atoms in total. The van der Waals surface area contributed by atoms with Gasteiger partial charge in [-0.2, -0.15) is 0 Å². The zero-order chi connectivity index (χ0) is 13.2. The summed E-state index contributed by atoms with van der Waals surface area (Å²) in [6.07, 6.45) is 0.867. The van der Waals surface area contributed by atoms with E-state index >= 15 is 0 Å². The van der Waals surface area contributed by atoms with Crippen molar-refractivity contribution < 1.29 is 23.9 Å². The van der Waals surface area contributed by atoms with Crippen LogP contribution in [0.5, 0.6) is 0 Å². The van der Waals surface area contributed by atoms with Gasteiger partial charge in [0.1, 0.15) is 6.29 Å². The maximum absolute atomic E-state index is 11.3. The Morgan fingerprint density at radius 1 is 1.06 bits per heavy atom. The first kappa shape index (κ1) is 13.9. The highest BCUT2D eigenvalue weighted by molar-refractivity contribution is 5.74. The summed E-state index contributed by atoms with van der Waals surface area (Å²) in [6.45, 7) is -0.413. The van der Waals surface area contributed by atoms with Crippen LogP contribution in [0.4, 0.5) is 0 Å². The fourth-order valence-electron chi connectivity index (χ4n) is 1.22. The van der Waals surface area contributed by atoms with Gasteiger partial charge in [-0.15, -0.1) is 0 Å². The van der Waals surface area contributed by atoms with E-state index in [9.17, 15) is 14.4 Å². The van der Waals surface area contributed by atoms with Crippen LogP contribution in [0, 0.1) is 0 Å². The number of carbonyl (C=O) groups excluding carboxylic acids is 3. The van der Waals surface area contributed by atoms with Crippen LogP contribution < -0.4 is 0 Å². The second kappa shape index (κ2) is 8.00. The van der Waals surface area contributed by atoms with Crippen LogP contribution in [0.3, 0.4) is 0 Å².